The molecule has 0 aliphatic rings. The second kappa shape index (κ2) is 3.80. The molecule has 0 aromatic rings. The van der Waals surface area contributed by atoms with E-state index in [2.05, 4.69) is 0 Å². The van der Waals surface area contributed by atoms with Crippen LogP contribution in [0, 0.1) is 11.3 Å². The van der Waals surface area contributed by atoms with Gasteiger partial charge in [-0.1, -0.05) is 0 Å². The van der Waals surface area contributed by atoms with Crippen LogP contribution in [0.4, 0.5) is 0 Å². The summed E-state index contributed by atoms with van der Waals surface area (Å²) in [7, 11) is 1.61. The molecule has 0 N–H and O–H groups in total. The summed E-state index contributed by atoms with van der Waals surface area (Å²) in [5, 5.41) is 7.91. The molecular formula is C7H12ClNO. The molecule has 0 radical (unpaired) electrons. The average Bonchev–Trinajstić information content (AvgIpc) is 1.87. The highest BCUT2D eigenvalue weighted by atomic mass is 35.5. The molecule has 0 spiro atoms. The lowest BCUT2D eigenvalue weighted by Crippen LogP contribution is -2.25. The van der Waals surface area contributed by atoms with Crippen LogP contribution in [0.3, 0.4) is 0 Å². The van der Waals surface area contributed by atoms with E-state index in [1.54, 1.807) is 7.11 Å². The predicted octanol–water partition coefficient (Wildman–Crippen LogP) is 1.93. The van der Waals surface area contributed by atoms with E-state index in [1.807, 2.05) is 19.9 Å². The number of hydrogen-bond donors (Lipinski definition) is 0. The first-order chi connectivity index (χ1) is 4.52. The van der Waals surface area contributed by atoms with Crippen LogP contribution in [-0.2, 0) is 4.74 Å². The Labute approximate surface area is 66.7 Å². The van der Waals surface area contributed by atoms with Gasteiger partial charge in [-0.25, -0.2) is 0 Å². The van der Waals surface area contributed by atoms with Gasteiger partial charge in [0.05, 0.1) is 11.7 Å². The summed E-state index contributed by atoms with van der Waals surface area (Å²) < 4.78 is 5.07. The number of nitriles is 1. The van der Waals surface area contributed by atoms with Crippen molar-refractivity contribution in [3.63, 3.8) is 0 Å². The zero-order valence-corrected chi connectivity index (χ0v) is 7.27. The lowest BCUT2D eigenvalue weighted by molar-refractivity contribution is 0.0174. The summed E-state index contributed by atoms with van der Waals surface area (Å²) in [6, 6.07) is 1.94. The predicted molar refractivity (Wildman–Crippen MR) is 41.0 cm³/mol. The summed E-state index contributed by atoms with van der Waals surface area (Å²) in [5.74, 6) is 0. The molecule has 1 atom stereocenters. The monoisotopic (exact) mass is 161 g/mol. The molecular weight excluding hydrogens is 150 g/mol. The fourth-order valence-corrected chi connectivity index (χ4v) is 0.932. The molecule has 3 heteroatoms. The molecule has 0 rings (SSSR count). The third-order valence-corrected chi connectivity index (χ3v) is 1.62. The third-order valence-electron chi connectivity index (χ3n) is 1.36. The summed E-state index contributed by atoms with van der Waals surface area (Å²) in [6.45, 7) is 3.80. The van der Waals surface area contributed by atoms with E-state index in [-0.39, 0.29) is 5.60 Å². The van der Waals surface area contributed by atoms with Crippen molar-refractivity contribution in [3.8, 4) is 6.07 Å². The Morgan fingerprint density at radius 2 is 2.20 bits per heavy atom. The van der Waals surface area contributed by atoms with E-state index in [4.69, 9.17) is 21.6 Å². The van der Waals surface area contributed by atoms with E-state index < -0.39 is 5.38 Å². The maximum absolute atomic E-state index is 8.36. The van der Waals surface area contributed by atoms with Gasteiger partial charge in [-0.05, 0) is 13.8 Å². The maximum atomic E-state index is 8.36. The van der Waals surface area contributed by atoms with Crippen LogP contribution < -0.4 is 0 Å². The highest BCUT2D eigenvalue weighted by Gasteiger charge is 2.20. The topological polar surface area (TPSA) is 33.0 Å². The van der Waals surface area contributed by atoms with E-state index in [9.17, 15) is 0 Å². The Bertz CT molecular complexity index is 139. The number of rotatable bonds is 3. The molecule has 0 saturated heterocycles. The molecule has 58 valence electrons. The Morgan fingerprint density at radius 3 is 2.50 bits per heavy atom. The van der Waals surface area contributed by atoms with Crippen LogP contribution in [0.5, 0.6) is 0 Å². The fourth-order valence-electron chi connectivity index (χ4n) is 0.561. The van der Waals surface area contributed by atoms with Gasteiger partial charge in [-0.2, -0.15) is 5.26 Å². The molecule has 0 bridgehead atoms. The normalized spacial score (nSPS) is 14.3. The van der Waals surface area contributed by atoms with E-state index in [0.29, 0.717) is 6.42 Å². The van der Waals surface area contributed by atoms with Crippen LogP contribution in [0.1, 0.15) is 20.3 Å². The molecule has 0 aliphatic carbocycles. The second-order valence-electron chi connectivity index (χ2n) is 2.76. The minimum Gasteiger partial charge on any atom is -0.379 e. The highest BCUT2D eigenvalue weighted by Crippen LogP contribution is 2.17. The first-order valence-corrected chi connectivity index (χ1v) is 3.54. The smallest absolute Gasteiger partial charge is 0.123 e. The molecule has 10 heavy (non-hydrogen) atoms. The van der Waals surface area contributed by atoms with Crippen LogP contribution in [0.2, 0.25) is 0 Å². The van der Waals surface area contributed by atoms with Gasteiger partial charge in [0.1, 0.15) is 5.38 Å². The third kappa shape index (κ3) is 3.71. The molecule has 0 amide bonds. The SMILES string of the molecule is COC(C)(C)CC(Cl)C#N. The molecule has 0 saturated carbocycles. The number of nitrogens with zero attached hydrogens (tertiary/aromatic N) is 1. The Kier molecular flexibility index (Phi) is 3.70. The zero-order chi connectivity index (χ0) is 8.20. The second-order valence-corrected chi connectivity index (χ2v) is 3.29. The molecule has 0 fully saturated rings. The minimum absolute atomic E-state index is 0.290. The standard InChI is InChI=1S/C7H12ClNO/c1-7(2,10-3)4-6(8)5-9/h6H,4H2,1-3H3. The molecule has 1 unspecified atom stereocenters. The van der Waals surface area contributed by atoms with Gasteiger partial charge in [0.2, 0.25) is 0 Å². The number of alkyl halides is 1. The van der Waals surface area contributed by atoms with Gasteiger partial charge in [-0.15, -0.1) is 11.6 Å². The van der Waals surface area contributed by atoms with Crippen LogP contribution in [-0.4, -0.2) is 18.1 Å². The number of ether oxygens (including phenoxy) is 1. The summed E-state index contributed by atoms with van der Waals surface area (Å²) in [6.07, 6.45) is 0.557. The van der Waals surface area contributed by atoms with Crippen molar-refractivity contribution in [2.75, 3.05) is 7.11 Å². The van der Waals surface area contributed by atoms with Crippen molar-refractivity contribution >= 4 is 11.6 Å². The van der Waals surface area contributed by atoms with Crippen molar-refractivity contribution in [2.24, 2.45) is 0 Å². The quantitative estimate of drug-likeness (QED) is 0.593. The van der Waals surface area contributed by atoms with Crippen molar-refractivity contribution in [1.29, 1.82) is 5.26 Å². The van der Waals surface area contributed by atoms with E-state index >= 15 is 0 Å². The number of methoxy groups -OCH3 is 1. The maximum Gasteiger partial charge on any atom is 0.123 e. The van der Waals surface area contributed by atoms with E-state index in [1.165, 1.54) is 0 Å². The largest absolute Gasteiger partial charge is 0.379 e. The van der Waals surface area contributed by atoms with Gasteiger partial charge in [0, 0.05) is 13.5 Å². The first-order valence-electron chi connectivity index (χ1n) is 3.10. The van der Waals surface area contributed by atoms with Crippen molar-refractivity contribution in [1.82, 2.24) is 0 Å². The van der Waals surface area contributed by atoms with Crippen LogP contribution in [0.25, 0.3) is 0 Å². The molecule has 2 nitrogen and oxygen atoms in total. The molecule has 0 aromatic carbocycles. The molecule has 0 aromatic heterocycles. The van der Waals surface area contributed by atoms with Crippen LogP contribution in [0.15, 0.2) is 0 Å². The van der Waals surface area contributed by atoms with Gasteiger partial charge in [0.15, 0.2) is 0 Å². The van der Waals surface area contributed by atoms with Gasteiger partial charge < -0.3 is 4.74 Å². The van der Waals surface area contributed by atoms with Crippen molar-refractivity contribution in [3.05, 3.63) is 0 Å². The first kappa shape index (κ1) is 9.74. The lowest BCUT2D eigenvalue weighted by Gasteiger charge is -2.22. The number of hydrogen-bond acceptors (Lipinski definition) is 2. The summed E-state index contributed by atoms with van der Waals surface area (Å²) in [4.78, 5) is 0. The molecule has 0 heterocycles. The van der Waals surface area contributed by atoms with E-state index in [0.717, 1.165) is 0 Å². The molecule has 0 aliphatic heterocycles. The summed E-state index contributed by atoms with van der Waals surface area (Å²) >= 11 is 5.59. The van der Waals surface area contributed by atoms with Gasteiger partial charge in [-0.3, -0.25) is 0 Å². The lowest BCUT2D eigenvalue weighted by atomic mass is 10.0. The number of halogens is 1. The zero-order valence-electron chi connectivity index (χ0n) is 6.52. The van der Waals surface area contributed by atoms with Gasteiger partial charge >= 0.3 is 0 Å². The van der Waals surface area contributed by atoms with Crippen molar-refractivity contribution in [2.45, 2.75) is 31.2 Å². The average molecular weight is 162 g/mol. The van der Waals surface area contributed by atoms with Crippen molar-refractivity contribution < 1.29 is 4.74 Å². The Hall–Kier alpha value is -0.260. The Balaban J connectivity index is 3.79. The van der Waals surface area contributed by atoms with Gasteiger partial charge in [0.25, 0.3) is 0 Å². The minimum atomic E-state index is -0.449. The summed E-state index contributed by atoms with van der Waals surface area (Å²) in [5.41, 5.74) is -0.290. The fraction of sp³-hybridized carbons (Fsp3) is 0.857. The van der Waals surface area contributed by atoms with Crippen LogP contribution >= 0.6 is 11.6 Å². The highest BCUT2D eigenvalue weighted by molar-refractivity contribution is 6.22. The Morgan fingerprint density at radius 1 is 1.70 bits per heavy atom.